The summed E-state index contributed by atoms with van der Waals surface area (Å²) in [4.78, 5) is 14.9. The van der Waals surface area contributed by atoms with Crippen LogP contribution in [0.3, 0.4) is 0 Å². The molecule has 0 aliphatic rings. The summed E-state index contributed by atoms with van der Waals surface area (Å²) < 4.78 is 81.7. The van der Waals surface area contributed by atoms with Crippen molar-refractivity contribution in [1.29, 1.82) is 0 Å². The topological polar surface area (TPSA) is 116 Å². The van der Waals surface area contributed by atoms with Crippen molar-refractivity contribution in [3.8, 4) is 17.4 Å². The number of fused-ring (bicyclic) bond motifs is 1. The number of nitrogens with one attached hydrogen (secondary N) is 1. The largest absolute Gasteiger partial charge is 0.454 e. The van der Waals surface area contributed by atoms with Crippen LogP contribution in [0.5, 0.6) is 6.01 Å². The minimum Gasteiger partial charge on any atom is -0.454 e. The fourth-order valence-electron chi connectivity index (χ4n) is 3.05. The van der Waals surface area contributed by atoms with E-state index < -0.39 is 30.5 Å². The normalized spacial score (nSPS) is 11.8. The lowest BCUT2D eigenvalue weighted by atomic mass is 10.1. The Kier molecular flexibility index (Phi) is 7.37. The van der Waals surface area contributed by atoms with Gasteiger partial charge in [0.15, 0.2) is 12.4 Å². The molecule has 2 aromatic heterocycles. The molecule has 0 bridgehead atoms. The molecule has 5 N–H and O–H groups in total. The van der Waals surface area contributed by atoms with Crippen LogP contribution in [0.25, 0.3) is 22.3 Å². The molecule has 0 saturated heterocycles. The van der Waals surface area contributed by atoms with E-state index in [1.54, 1.807) is 12.3 Å². The SMILES string of the molecule is FC(F)(F)COc1nc(Cc2ccc3[nH]ccc3c2)nc(-c2cccc(C(F)(F)F)c2)n1.NN. The number of benzene rings is 2. The van der Waals surface area contributed by atoms with Crippen LogP contribution >= 0.6 is 0 Å². The molecular formula is C21H18F6N6O. The molecule has 2 aromatic carbocycles. The van der Waals surface area contributed by atoms with Gasteiger partial charge in [0.25, 0.3) is 0 Å². The molecule has 0 atom stereocenters. The molecule has 0 aliphatic heterocycles. The average Bonchev–Trinajstić information content (AvgIpc) is 3.26. The molecule has 0 unspecified atom stereocenters. The molecule has 13 heteroatoms. The fourth-order valence-corrected chi connectivity index (χ4v) is 3.05. The number of halogens is 6. The summed E-state index contributed by atoms with van der Waals surface area (Å²) in [5.74, 6) is 7.83. The average molecular weight is 484 g/mol. The smallest absolute Gasteiger partial charge is 0.422 e. The molecule has 0 fully saturated rings. The highest BCUT2D eigenvalue weighted by atomic mass is 19.4. The van der Waals surface area contributed by atoms with Gasteiger partial charge in [0.1, 0.15) is 5.82 Å². The highest BCUT2D eigenvalue weighted by Gasteiger charge is 2.31. The first kappa shape index (κ1) is 24.9. The van der Waals surface area contributed by atoms with Crippen LogP contribution in [-0.4, -0.2) is 32.7 Å². The second-order valence-corrected chi connectivity index (χ2v) is 6.92. The van der Waals surface area contributed by atoms with Crippen molar-refractivity contribution in [3.63, 3.8) is 0 Å². The number of aromatic nitrogens is 4. The third-order valence-corrected chi connectivity index (χ3v) is 4.45. The number of nitrogens with zero attached hydrogens (tertiary/aromatic N) is 3. The Bertz CT molecular complexity index is 1250. The van der Waals surface area contributed by atoms with Gasteiger partial charge in [-0.05, 0) is 41.3 Å². The first-order chi connectivity index (χ1) is 16.1. The molecule has 180 valence electrons. The van der Waals surface area contributed by atoms with Gasteiger partial charge in [0.2, 0.25) is 0 Å². The molecule has 0 amide bonds. The molecule has 0 radical (unpaired) electrons. The Hall–Kier alpha value is -3.71. The van der Waals surface area contributed by atoms with Gasteiger partial charge >= 0.3 is 18.4 Å². The molecule has 0 saturated carbocycles. The van der Waals surface area contributed by atoms with Gasteiger partial charge in [-0.15, -0.1) is 0 Å². The summed E-state index contributed by atoms with van der Waals surface area (Å²) >= 11 is 0. The highest BCUT2D eigenvalue weighted by molar-refractivity contribution is 5.80. The minimum atomic E-state index is -4.64. The number of alkyl halides is 6. The monoisotopic (exact) mass is 484 g/mol. The van der Waals surface area contributed by atoms with Crippen LogP contribution in [0.1, 0.15) is 17.0 Å². The van der Waals surface area contributed by atoms with E-state index >= 15 is 0 Å². The number of hydrogen-bond acceptors (Lipinski definition) is 6. The van der Waals surface area contributed by atoms with Gasteiger partial charge in [-0.1, -0.05) is 18.2 Å². The van der Waals surface area contributed by atoms with Gasteiger partial charge in [-0.2, -0.15) is 36.3 Å². The lowest BCUT2D eigenvalue weighted by molar-refractivity contribution is -0.154. The third-order valence-electron chi connectivity index (χ3n) is 4.45. The van der Waals surface area contributed by atoms with E-state index in [0.29, 0.717) is 0 Å². The van der Waals surface area contributed by atoms with E-state index in [1.807, 2.05) is 18.2 Å². The molecule has 7 nitrogen and oxygen atoms in total. The first-order valence-corrected chi connectivity index (χ1v) is 9.58. The molecule has 0 aliphatic carbocycles. The molecule has 4 rings (SSSR count). The zero-order chi connectivity index (χ0) is 24.9. The number of H-pyrrole nitrogens is 1. The molecule has 4 aromatic rings. The summed E-state index contributed by atoms with van der Waals surface area (Å²) in [6.07, 6.45) is -7.37. The Balaban J connectivity index is 0.00000158. The zero-order valence-electron chi connectivity index (χ0n) is 17.3. The van der Waals surface area contributed by atoms with Gasteiger partial charge in [-0.3, -0.25) is 11.7 Å². The van der Waals surface area contributed by atoms with Crippen LogP contribution < -0.4 is 16.4 Å². The standard InChI is InChI=1S/C21H14F6N4O.H4N2/c22-20(23,24)11-32-19-30-17(9-12-4-5-16-13(8-12)6-7-28-16)29-18(31-19)14-2-1-3-15(10-14)21(25,26)27;1-2/h1-8,10,28H,9,11H2;1-2H2. The minimum absolute atomic E-state index is 0.0265. The maximum atomic E-state index is 13.1. The van der Waals surface area contributed by atoms with E-state index in [4.69, 9.17) is 0 Å². The predicted molar refractivity (Wildman–Crippen MR) is 111 cm³/mol. The van der Waals surface area contributed by atoms with E-state index in [1.165, 1.54) is 6.07 Å². The number of hydrogen-bond donors (Lipinski definition) is 3. The third kappa shape index (κ3) is 6.42. The Labute approximate surface area is 188 Å². The quantitative estimate of drug-likeness (QED) is 0.220. The van der Waals surface area contributed by atoms with Crippen molar-refractivity contribution in [2.75, 3.05) is 6.61 Å². The van der Waals surface area contributed by atoms with Crippen molar-refractivity contribution in [2.45, 2.75) is 18.8 Å². The van der Waals surface area contributed by atoms with Crippen LogP contribution in [0.2, 0.25) is 0 Å². The summed E-state index contributed by atoms with van der Waals surface area (Å²) in [6, 6.07) is 10.8. The van der Waals surface area contributed by atoms with E-state index in [2.05, 4.69) is 36.4 Å². The van der Waals surface area contributed by atoms with Crippen molar-refractivity contribution in [3.05, 3.63) is 71.7 Å². The molecule has 2 heterocycles. The lowest BCUT2D eigenvalue weighted by Crippen LogP contribution is -2.20. The van der Waals surface area contributed by atoms with Crippen LogP contribution in [0.15, 0.2) is 54.7 Å². The maximum Gasteiger partial charge on any atom is 0.422 e. The molecule has 0 spiro atoms. The Morgan fingerprint density at radius 1 is 0.882 bits per heavy atom. The number of aromatic amines is 1. The number of hydrazine groups is 1. The van der Waals surface area contributed by atoms with E-state index in [0.717, 1.165) is 34.7 Å². The van der Waals surface area contributed by atoms with Gasteiger partial charge in [0, 0.05) is 23.7 Å². The summed E-state index contributed by atoms with van der Waals surface area (Å²) in [5.41, 5.74) is 0.678. The van der Waals surface area contributed by atoms with Gasteiger partial charge in [0.05, 0.1) is 5.56 Å². The maximum absolute atomic E-state index is 13.1. The van der Waals surface area contributed by atoms with Crippen LogP contribution in [0, 0.1) is 0 Å². The Morgan fingerprint density at radius 2 is 1.65 bits per heavy atom. The number of ether oxygens (including phenoxy) is 1. The second-order valence-electron chi connectivity index (χ2n) is 6.92. The summed E-state index contributed by atoms with van der Waals surface area (Å²) in [7, 11) is 0. The zero-order valence-corrected chi connectivity index (χ0v) is 17.3. The predicted octanol–water partition coefficient (Wildman–Crippen LogP) is 4.39. The summed E-state index contributed by atoms with van der Waals surface area (Å²) in [6.45, 7) is -1.65. The number of rotatable bonds is 5. The van der Waals surface area contributed by atoms with Crippen molar-refractivity contribution >= 4 is 10.9 Å². The van der Waals surface area contributed by atoms with E-state index in [9.17, 15) is 26.3 Å². The van der Waals surface area contributed by atoms with Crippen LogP contribution in [-0.2, 0) is 12.6 Å². The van der Waals surface area contributed by atoms with Crippen molar-refractivity contribution < 1.29 is 31.1 Å². The van der Waals surface area contributed by atoms with Crippen molar-refractivity contribution in [2.24, 2.45) is 11.7 Å². The van der Waals surface area contributed by atoms with Crippen molar-refractivity contribution in [1.82, 2.24) is 19.9 Å². The van der Waals surface area contributed by atoms with Gasteiger partial charge in [-0.25, -0.2) is 4.98 Å². The Morgan fingerprint density at radius 3 is 2.35 bits per heavy atom. The number of nitrogens with two attached hydrogens (primary N) is 2. The van der Waals surface area contributed by atoms with E-state index in [-0.39, 0.29) is 23.6 Å². The van der Waals surface area contributed by atoms with Gasteiger partial charge < -0.3 is 9.72 Å². The lowest BCUT2D eigenvalue weighted by Gasteiger charge is -2.12. The molecular weight excluding hydrogens is 466 g/mol. The fraction of sp³-hybridized carbons (Fsp3) is 0.190. The summed E-state index contributed by atoms with van der Waals surface area (Å²) in [5, 5.41) is 0.906. The van der Waals surface area contributed by atoms with Crippen LogP contribution in [0.4, 0.5) is 26.3 Å². The first-order valence-electron chi connectivity index (χ1n) is 9.58. The molecule has 34 heavy (non-hydrogen) atoms. The second kappa shape index (κ2) is 10.1. The highest BCUT2D eigenvalue weighted by Crippen LogP contribution is 2.32.